The molecule has 0 amide bonds. The number of aliphatic carboxylic acids is 1. The van der Waals surface area contributed by atoms with Crippen molar-refractivity contribution in [1.29, 1.82) is 0 Å². The second kappa shape index (κ2) is 6.19. The van der Waals surface area contributed by atoms with Gasteiger partial charge in [0.05, 0.1) is 8.95 Å². The Morgan fingerprint density at radius 1 is 1.38 bits per heavy atom. The molecule has 0 saturated heterocycles. The minimum Gasteiger partial charge on any atom is -0.506 e. The first-order valence-electron chi connectivity index (χ1n) is 4.07. The Morgan fingerprint density at radius 3 is 2.19 bits per heavy atom. The van der Waals surface area contributed by atoms with E-state index in [-0.39, 0.29) is 17.6 Å². The third-order valence-corrected chi connectivity index (χ3v) is 3.06. The average Bonchev–Trinajstić information content (AvgIpc) is 2.13. The maximum absolute atomic E-state index is 10.5. The van der Waals surface area contributed by atoms with Crippen LogP contribution >= 0.6 is 31.9 Å². The molecule has 1 rings (SSSR count). The molecule has 0 bridgehead atoms. The van der Waals surface area contributed by atoms with Gasteiger partial charge in [0.2, 0.25) is 0 Å². The van der Waals surface area contributed by atoms with Crippen molar-refractivity contribution in [3.8, 4) is 5.75 Å². The molecular formula is C9H11Br2NO4. The predicted molar refractivity (Wildman–Crippen MR) is 66.4 cm³/mol. The highest BCUT2D eigenvalue weighted by Gasteiger charge is 2.14. The lowest BCUT2D eigenvalue weighted by Gasteiger charge is -2.08. The SMILES string of the molecule is NC(Cc1cc(Br)c(O)c(Br)c1)C(=O)O.O. The maximum Gasteiger partial charge on any atom is 0.320 e. The fraction of sp³-hybridized carbons (Fsp3) is 0.222. The monoisotopic (exact) mass is 355 g/mol. The van der Waals surface area contributed by atoms with E-state index >= 15 is 0 Å². The van der Waals surface area contributed by atoms with Gasteiger partial charge >= 0.3 is 5.97 Å². The number of phenolic OH excluding ortho intramolecular Hbond substituents is 1. The van der Waals surface area contributed by atoms with Crippen molar-refractivity contribution >= 4 is 37.8 Å². The lowest BCUT2D eigenvalue weighted by Crippen LogP contribution is -2.32. The minimum absolute atomic E-state index is 0. The largest absolute Gasteiger partial charge is 0.506 e. The number of carboxylic acids is 1. The number of benzene rings is 1. The molecule has 0 aromatic heterocycles. The molecule has 6 N–H and O–H groups in total. The molecule has 0 aliphatic heterocycles. The smallest absolute Gasteiger partial charge is 0.320 e. The van der Waals surface area contributed by atoms with E-state index in [2.05, 4.69) is 31.9 Å². The molecule has 90 valence electrons. The average molecular weight is 357 g/mol. The molecule has 1 atom stereocenters. The summed E-state index contributed by atoms with van der Waals surface area (Å²) in [5, 5.41) is 18.1. The van der Waals surface area contributed by atoms with Gasteiger partial charge in [-0.25, -0.2) is 0 Å². The zero-order chi connectivity index (χ0) is 11.6. The number of hydrogen-bond donors (Lipinski definition) is 3. The first kappa shape index (κ1) is 15.4. The van der Waals surface area contributed by atoms with E-state index in [0.717, 1.165) is 5.56 Å². The highest BCUT2D eigenvalue weighted by molar-refractivity contribution is 9.11. The second-order valence-corrected chi connectivity index (χ2v) is 4.77. The molecule has 0 radical (unpaired) electrons. The van der Waals surface area contributed by atoms with Gasteiger partial charge in [-0.05, 0) is 56.0 Å². The van der Waals surface area contributed by atoms with Gasteiger partial charge in [-0.1, -0.05) is 0 Å². The van der Waals surface area contributed by atoms with E-state index in [0.29, 0.717) is 8.95 Å². The molecule has 0 aliphatic rings. The highest BCUT2D eigenvalue weighted by atomic mass is 79.9. The number of hydrogen-bond acceptors (Lipinski definition) is 3. The summed E-state index contributed by atoms with van der Waals surface area (Å²) in [6.07, 6.45) is 0.215. The first-order valence-corrected chi connectivity index (χ1v) is 5.65. The van der Waals surface area contributed by atoms with Crippen molar-refractivity contribution in [3.05, 3.63) is 26.6 Å². The summed E-state index contributed by atoms with van der Waals surface area (Å²) in [6.45, 7) is 0. The summed E-state index contributed by atoms with van der Waals surface area (Å²) >= 11 is 6.31. The number of aromatic hydroxyl groups is 1. The van der Waals surface area contributed by atoms with Crippen LogP contribution in [0.5, 0.6) is 5.75 Å². The first-order chi connectivity index (χ1) is 6.91. The summed E-state index contributed by atoms with van der Waals surface area (Å²) in [5.41, 5.74) is 6.13. The van der Waals surface area contributed by atoms with Crippen molar-refractivity contribution in [2.24, 2.45) is 5.73 Å². The van der Waals surface area contributed by atoms with Gasteiger partial charge in [0, 0.05) is 0 Å². The summed E-state index contributed by atoms with van der Waals surface area (Å²) in [5.74, 6) is -0.960. The molecule has 0 aliphatic carbocycles. The molecule has 1 unspecified atom stereocenters. The fourth-order valence-corrected chi connectivity index (χ4v) is 2.36. The van der Waals surface area contributed by atoms with Gasteiger partial charge in [-0.2, -0.15) is 0 Å². The quantitative estimate of drug-likeness (QED) is 0.750. The van der Waals surface area contributed by atoms with Crippen LogP contribution in [0.25, 0.3) is 0 Å². The zero-order valence-corrected chi connectivity index (χ0v) is 11.2. The number of phenols is 1. The molecular weight excluding hydrogens is 346 g/mol. The molecule has 7 heteroatoms. The van der Waals surface area contributed by atoms with Gasteiger partial charge in [0.1, 0.15) is 11.8 Å². The van der Waals surface area contributed by atoms with Crippen LogP contribution in [0.1, 0.15) is 5.56 Å². The molecule has 1 aromatic carbocycles. The van der Waals surface area contributed by atoms with Gasteiger partial charge in [0.25, 0.3) is 0 Å². The van der Waals surface area contributed by atoms with Crippen molar-refractivity contribution in [1.82, 2.24) is 0 Å². The topological polar surface area (TPSA) is 115 Å². The van der Waals surface area contributed by atoms with Crippen LogP contribution in [0, 0.1) is 0 Å². The van der Waals surface area contributed by atoms with Gasteiger partial charge in [-0.3, -0.25) is 4.79 Å². The molecule has 1 aromatic rings. The molecule has 16 heavy (non-hydrogen) atoms. The normalized spacial score (nSPS) is 11.7. The summed E-state index contributed by atoms with van der Waals surface area (Å²) < 4.78 is 1.01. The third-order valence-electron chi connectivity index (χ3n) is 1.85. The van der Waals surface area contributed by atoms with E-state index < -0.39 is 12.0 Å². The van der Waals surface area contributed by atoms with Crippen LogP contribution in [0.15, 0.2) is 21.1 Å². The summed E-state index contributed by atoms with van der Waals surface area (Å²) in [6, 6.07) is 2.35. The standard InChI is InChI=1S/C9H9Br2NO3.H2O/c10-5-1-4(2-6(11)8(5)13)3-7(12)9(14)15;/h1-2,7,13H,3,12H2,(H,14,15);1H2. The molecule has 0 heterocycles. The van der Waals surface area contributed by atoms with Crippen molar-refractivity contribution < 1.29 is 20.5 Å². The third kappa shape index (κ3) is 3.75. The van der Waals surface area contributed by atoms with Crippen molar-refractivity contribution in [2.75, 3.05) is 0 Å². The Labute approximate surface area is 109 Å². The van der Waals surface area contributed by atoms with Gasteiger partial charge in [-0.15, -0.1) is 0 Å². The van der Waals surface area contributed by atoms with Crippen molar-refractivity contribution in [2.45, 2.75) is 12.5 Å². The molecule has 0 spiro atoms. The van der Waals surface area contributed by atoms with Crippen LogP contribution in [-0.2, 0) is 11.2 Å². The Kier molecular flexibility index (Phi) is 5.95. The summed E-state index contributed by atoms with van der Waals surface area (Å²) in [4.78, 5) is 10.5. The van der Waals surface area contributed by atoms with Crippen LogP contribution in [-0.4, -0.2) is 27.7 Å². The number of rotatable bonds is 3. The molecule has 5 nitrogen and oxygen atoms in total. The van der Waals surface area contributed by atoms with Crippen LogP contribution < -0.4 is 5.73 Å². The molecule has 0 saturated carbocycles. The second-order valence-electron chi connectivity index (χ2n) is 3.06. The van der Waals surface area contributed by atoms with E-state index in [1.54, 1.807) is 12.1 Å². The van der Waals surface area contributed by atoms with Gasteiger partial charge in [0.15, 0.2) is 0 Å². The lowest BCUT2D eigenvalue weighted by molar-refractivity contribution is -0.138. The fourth-order valence-electron chi connectivity index (χ4n) is 1.08. The Hall–Kier alpha value is -0.630. The Morgan fingerprint density at radius 2 is 1.81 bits per heavy atom. The molecule has 0 fully saturated rings. The highest BCUT2D eigenvalue weighted by Crippen LogP contribution is 2.33. The maximum atomic E-state index is 10.5. The van der Waals surface area contributed by atoms with Gasteiger partial charge < -0.3 is 21.4 Å². The van der Waals surface area contributed by atoms with Crippen LogP contribution in [0.4, 0.5) is 0 Å². The van der Waals surface area contributed by atoms with Crippen LogP contribution in [0.3, 0.4) is 0 Å². The summed E-state index contributed by atoms with van der Waals surface area (Å²) in [7, 11) is 0. The predicted octanol–water partition coefficient (Wildman–Crippen LogP) is 1.05. The Bertz CT molecular complexity index is 374. The van der Waals surface area contributed by atoms with E-state index in [9.17, 15) is 9.90 Å². The van der Waals surface area contributed by atoms with Crippen molar-refractivity contribution in [3.63, 3.8) is 0 Å². The van der Waals surface area contributed by atoms with Crippen LogP contribution in [0.2, 0.25) is 0 Å². The lowest BCUT2D eigenvalue weighted by atomic mass is 10.1. The number of carbonyl (C=O) groups is 1. The van der Waals surface area contributed by atoms with E-state index in [1.807, 2.05) is 0 Å². The van der Waals surface area contributed by atoms with E-state index in [4.69, 9.17) is 10.8 Å². The zero-order valence-electron chi connectivity index (χ0n) is 8.08. The number of halogens is 2. The minimum atomic E-state index is -1.05. The number of carboxylic acid groups (broad SMARTS) is 1. The van der Waals surface area contributed by atoms with E-state index in [1.165, 1.54) is 0 Å². The Balaban J connectivity index is 0.00000225. The number of nitrogens with two attached hydrogens (primary N) is 1.